The molecule has 4 aromatic rings. The molecule has 0 aliphatic carbocycles. The third kappa shape index (κ3) is 6.75. The first kappa shape index (κ1) is 35.5. The van der Waals surface area contributed by atoms with Crippen molar-refractivity contribution in [1.82, 2.24) is 19.4 Å². The molecule has 1 atom stereocenters. The van der Waals surface area contributed by atoms with Gasteiger partial charge in [-0.1, -0.05) is 44.2 Å². The molecule has 5 heterocycles. The lowest BCUT2D eigenvalue weighted by Crippen LogP contribution is -2.49. The predicted molar refractivity (Wildman–Crippen MR) is 195 cm³/mol. The van der Waals surface area contributed by atoms with Gasteiger partial charge in [-0.15, -0.1) is 0 Å². The van der Waals surface area contributed by atoms with Crippen molar-refractivity contribution in [3.63, 3.8) is 0 Å². The summed E-state index contributed by atoms with van der Waals surface area (Å²) < 4.78 is 12.3. The summed E-state index contributed by atoms with van der Waals surface area (Å²) in [6.07, 6.45) is 2.97. The summed E-state index contributed by atoms with van der Waals surface area (Å²) in [6.45, 7) is 15.9. The maximum atomic E-state index is 13.9. The molecule has 1 amide bonds. The summed E-state index contributed by atoms with van der Waals surface area (Å²) >= 11 is 0. The Labute approximate surface area is 294 Å². The predicted octanol–water partition coefficient (Wildman–Crippen LogP) is 6.94. The number of aliphatic hydroxyl groups excluding tert-OH is 1. The van der Waals surface area contributed by atoms with Crippen molar-refractivity contribution in [1.29, 1.82) is 0 Å². The van der Waals surface area contributed by atoms with E-state index in [1.54, 1.807) is 11.5 Å². The molecule has 7 rings (SSSR count). The molecule has 266 valence electrons. The molecule has 0 saturated carbocycles. The number of aliphatic hydroxyl groups is 1. The van der Waals surface area contributed by atoms with Crippen LogP contribution in [0.15, 0.2) is 47.3 Å². The first-order valence-electron chi connectivity index (χ1n) is 18.0. The van der Waals surface area contributed by atoms with Crippen LogP contribution >= 0.6 is 0 Å². The van der Waals surface area contributed by atoms with Gasteiger partial charge in [0.1, 0.15) is 12.2 Å². The molecule has 10 nitrogen and oxygen atoms in total. The number of aromatic nitrogens is 2. The number of piperidine rings is 2. The Bertz CT molecular complexity index is 1960. The number of pyridine rings is 2. The molecule has 2 fully saturated rings. The maximum absolute atomic E-state index is 13.9. The molecule has 50 heavy (non-hydrogen) atoms. The third-order valence-electron chi connectivity index (χ3n) is 10.6. The van der Waals surface area contributed by atoms with Crippen molar-refractivity contribution >= 4 is 34.2 Å². The van der Waals surface area contributed by atoms with Gasteiger partial charge in [-0.3, -0.25) is 14.5 Å². The Balaban J connectivity index is 0.00000212. The number of nitrogens with zero attached hydrogens (tertiary/aromatic N) is 4. The monoisotopic (exact) mass is 682 g/mol. The van der Waals surface area contributed by atoms with Crippen LogP contribution in [-0.2, 0) is 34.0 Å². The Morgan fingerprint density at radius 3 is 2.36 bits per heavy atom. The zero-order chi connectivity index (χ0) is 35.8. The number of rotatable bonds is 6. The standard InChI is InChI=1S/C38H44N4O6.C2H6/c1-24(44)27-19-32-34-29(21-42(32)35(45)30(27)22-47-23-43)28(33-26-8-6-5-7-25(26)9-10-31(33)39-34)20-40-15-11-38(12-16-40)13-17-41(18-14-38)36(46)48-37(2,3)4;1-2/h5-10,19,23-24,44H,11-18,20-22H2,1-4H3;1-2H3. The lowest BCUT2D eigenvalue weighted by molar-refractivity contribution is -0.129. The van der Waals surface area contributed by atoms with Crippen LogP contribution in [0.3, 0.4) is 0 Å². The molecule has 1 spiro atoms. The van der Waals surface area contributed by atoms with E-state index in [-0.39, 0.29) is 29.2 Å². The van der Waals surface area contributed by atoms with Gasteiger partial charge < -0.3 is 24.0 Å². The zero-order valence-electron chi connectivity index (χ0n) is 30.3. The molecule has 1 N–H and O–H groups in total. The van der Waals surface area contributed by atoms with Crippen LogP contribution in [0, 0.1) is 5.41 Å². The highest BCUT2D eigenvalue weighted by molar-refractivity contribution is 6.09. The van der Waals surface area contributed by atoms with Gasteiger partial charge in [0.05, 0.1) is 35.1 Å². The normalized spacial score (nSPS) is 17.5. The quantitative estimate of drug-likeness (QED) is 0.151. The van der Waals surface area contributed by atoms with E-state index in [9.17, 15) is 19.5 Å². The van der Waals surface area contributed by atoms with Gasteiger partial charge in [0.2, 0.25) is 0 Å². The molecule has 10 heteroatoms. The second kappa shape index (κ2) is 14.2. The van der Waals surface area contributed by atoms with E-state index in [0.29, 0.717) is 24.3 Å². The number of benzene rings is 2. The van der Waals surface area contributed by atoms with Crippen LogP contribution < -0.4 is 5.56 Å². The van der Waals surface area contributed by atoms with Crippen molar-refractivity contribution in [3.05, 3.63) is 75.1 Å². The van der Waals surface area contributed by atoms with E-state index in [1.165, 1.54) is 5.56 Å². The van der Waals surface area contributed by atoms with Crippen LogP contribution in [0.1, 0.15) is 95.6 Å². The van der Waals surface area contributed by atoms with Gasteiger partial charge in [-0.25, -0.2) is 9.78 Å². The summed E-state index contributed by atoms with van der Waals surface area (Å²) in [6, 6.07) is 14.4. The third-order valence-corrected chi connectivity index (χ3v) is 10.6. The van der Waals surface area contributed by atoms with Gasteiger partial charge in [0.15, 0.2) is 0 Å². The molecule has 0 bridgehead atoms. The fourth-order valence-electron chi connectivity index (χ4n) is 7.96. The number of likely N-dealkylation sites (tertiary alicyclic amines) is 2. The largest absolute Gasteiger partial charge is 0.463 e. The highest BCUT2D eigenvalue weighted by atomic mass is 16.6. The Morgan fingerprint density at radius 1 is 1.02 bits per heavy atom. The summed E-state index contributed by atoms with van der Waals surface area (Å²) in [5, 5.41) is 14.0. The molecule has 2 aromatic carbocycles. The number of fused-ring (bicyclic) bond motifs is 6. The number of carbonyl (C=O) groups excluding carboxylic acids is 2. The minimum atomic E-state index is -0.918. The van der Waals surface area contributed by atoms with Crippen LogP contribution in [0.5, 0.6) is 0 Å². The van der Waals surface area contributed by atoms with E-state index in [0.717, 1.165) is 91.3 Å². The number of ether oxygens (including phenoxy) is 2. The molecule has 2 aromatic heterocycles. The molecule has 1 unspecified atom stereocenters. The van der Waals surface area contributed by atoms with E-state index in [2.05, 4.69) is 35.2 Å². The Hall–Kier alpha value is -4.28. The van der Waals surface area contributed by atoms with Crippen molar-refractivity contribution < 1.29 is 24.2 Å². The molecule has 3 aliphatic rings. The van der Waals surface area contributed by atoms with Crippen LogP contribution in [-0.4, -0.2) is 68.8 Å². The zero-order valence-corrected chi connectivity index (χ0v) is 30.3. The molecular formula is C40H50N4O6. The summed E-state index contributed by atoms with van der Waals surface area (Å²) in [5.74, 6) is 0. The smallest absolute Gasteiger partial charge is 0.410 e. The van der Waals surface area contributed by atoms with Crippen LogP contribution in [0.2, 0.25) is 0 Å². The van der Waals surface area contributed by atoms with Crippen molar-refractivity contribution in [2.45, 2.75) is 98.6 Å². The highest BCUT2D eigenvalue weighted by Gasteiger charge is 2.40. The number of amides is 1. The second-order valence-corrected chi connectivity index (χ2v) is 14.8. The lowest BCUT2D eigenvalue weighted by atomic mass is 9.71. The van der Waals surface area contributed by atoms with E-state index in [1.807, 2.05) is 51.7 Å². The first-order chi connectivity index (χ1) is 24.0. The minimum absolute atomic E-state index is 0.197. The molecule has 2 saturated heterocycles. The van der Waals surface area contributed by atoms with Crippen LogP contribution in [0.25, 0.3) is 33.1 Å². The van der Waals surface area contributed by atoms with E-state index >= 15 is 0 Å². The van der Waals surface area contributed by atoms with Gasteiger partial charge in [0, 0.05) is 30.6 Å². The number of hydrogen-bond acceptors (Lipinski definition) is 8. The average Bonchev–Trinajstić information content (AvgIpc) is 3.47. The lowest BCUT2D eigenvalue weighted by Gasteiger charge is -2.47. The molecular weight excluding hydrogens is 632 g/mol. The van der Waals surface area contributed by atoms with Crippen molar-refractivity contribution in [3.8, 4) is 11.4 Å². The van der Waals surface area contributed by atoms with E-state index < -0.39 is 11.7 Å². The SMILES string of the molecule is CC.CC(O)c1cc2n(c(=O)c1COC=O)Cc1c-2nc2ccc3ccccc3c2c1CN1CCC2(CC1)CCN(C(=O)OC(C)(C)C)CC2. The fourth-order valence-corrected chi connectivity index (χ4v) is 7.96. The molecule has 0 radical (unpaired) electrons. The van der Waals surface area contributed by atoms with Gasteiger partial charge in [-0.2, -0.15) is 0 Å². The van der Waals surface area contributed by atoms with Crippen molar-refractivity contribution in [2.24, 2.45) is 5.41 Å². The Kier molecular flexibility index (Phi) is 10.1. The first-order valence-corrected chi connectivity index (χ1v) is 18.0. The van der Waals surface area contributed by atoms with E-state index in [4.69, 9.17) is 14.5 Å². The van der Waals surface area contributed by atoms with Gasteiger partial charge in [0.25, 0.3) is 12.0 Å². The molecule has 3 aliphatic heterocycles. The highest BCUT2D eigenvalue weighted by Crippen LogP contribution is 2.44. The summed E-state index contributed by atoms with van der Waals surface area (Å²) in [4.78, 5) is 47.1. The number of carbonyl (C=O) groups is 2. The Morgan fingerprint density at radius 2 is 1.70 bits per heavy atom. The average molecular weight is 683 g/mol. The maximum Gasteiger partial charge on any atom is 0.410 e. The van der Waals surface area contributed by atoms with Crippen LogP contribution in [0.4, 0.5) is 4.79 Å². The van der Waals surface area contributed by atoms with Gasteiger partial charge >= 0.3 is 6.09 Å². The minimum Gasteiger partial charge on any atom is -0.463 e. The second-order valence-electron chi connectivity index (χ2n) is 14.8. The topological polar surface area (TPSA) is 114 Å². The fraction of sp³-hybridized carbons (Fsp3) is 0.500. The van der Waals surface area contributed by atoms with Gasteiger partial charge in [-0.05, 0) is 106 Å². The summed E-state index contributed by atoms with van der Waals surface area (Å²) in [5.41, 5.74) is 4.68. The number of hydrogen-bond donors (Lipinski definition) is 1. The summed E-state index contributed by atoms with van der Waals surface area (Å²) in [7, 11) is 0. The van der Waals surface area contributed by atoms with Crippen molar-refractivity contribution in [2.75, 3.05) is 26.2 Å².